The van der Waals surface area contributed by atoms with Gasteiger partial charge in [0.05, 0.1) is 17.7 Å². The predicted molar refractivity (Wildman–Crippen MR) is 112 cm³/mol. The fourth-order valence-electron chi connectivity index (χ4n) is 3.80. The van der Waals surface area contributed by atoms with Gasteiger partial charge in [0.15, 0.2) is 5.78 Å². The van der Waals surface area contributed by atoms with Crippen LogP contribution in [0.5, 0.6) is 0 Å². The van der Waals surface area contributed by atoms with Crippen LogP contribution in [0, 0.1) is 11.8 Å². The number of carbonyl (C=O) groups excluding carboxylic acids is 1. The first kappa shape index (κ1) is 19.3. The number of nitrogens with zero attached hydrogens (tertiary/aromatic N) is 2. The molecular formula is C24H28N2O. The molecule has 2 unspecified atom stereocenters. The number of carbonyl (C=O) groups is 1. The zero-order chi connectivity index (χ0) is 19.1. The zero-order valence-corrected chi connectivity index (χ0v) is 16.3. The normalized spacial score (nSPS) is 23.0. The summed E-state index contributed by atoms with van der Waals surface area (Å²) in [6.45, 7) is 3.75. The minimum atomic E-state index is 0.0178. The molecule has 140 valence electrons. The summed E-state index contributed by atoms with van der Waals surface area (Å²) >= 11 is 0. The van der Waals surface area contributed by atoms with E-state index in [2.05, 4.69) is 41.1 Å². The van der Waals surface area contributed by atoms with Crippen molar-refractivity contribution in [3.8, 4) is 0 Å². The van der Waals surface area contributed by atoms with Crippen molar-refractivity contribution in [1.29, 1.82) is 0 Å². The Labute approximate surface area is 162 Å². The van der Waals surface area contributed by atoms with E-state index in [1.807, 2.05) is 24.3 Å². The van der Waals surface area contributed by atoms with E-state index < -0.39 is 0 Å². The largest absolute Gasteiger partial charge is 0.295 e. The Balaban J connectivity index is 1.69. The molecule has 0 radical (unpaired) electrons. The molecule has 0 bridgehead atoms. The molecule has 2 aliphatic carbocycles. The Kier molecular flexibility index (Phi) is 6.73. The molecule has 3 rings (SSSR count). The van der Waals surface area contributed by atoms with E-state index in [9.17, 15) is 4.79 Å². The third-order valence-electron chi connectivity index (χ3n) is 5.37. The summed E-state index contributed by atoms with van der Waals surface area (Å²) in [4.78, 5) is 20.1. The molecule has 0 aromatic heterocycles. The molecule has 3 heteroatoms. The van der Waals surface area contributed by atoms with Gasteiger partial charge in [0.25, 0.3) is 0 Å². The van der Waals surface area contributed by atoms with E-state index >= 15 is 0 Å². The van der Waals surface area contributed by atoms with Crippen molar-refractivity contribution in [3.63, 3.8) is 0 Å². The molecule has 1 fully saturated rings. The number of rotatable bonds is 5. The quantitative estimate of drug-likeness (QED) is 0.457. The van der Waals surface area contributed by atoms with Gasteiger partial charge in [0, 0.05) is 11.5 Å². The van der Waals surface area contributed by atoms with Crippen molar-refractivity contribution in [3.05, 3.63) is 59.7 Å². The summed E-state index contributed by atoms with van der Waals surface area (Å²) in [5.41, 5.74) is 3.15. The summed E-state index contributed by atoms with van der Waals surface area (Å²) in [7, 11) is 0. The molecule has 0 spiro atoms. The van der Waals surface area contributed by atoms with Crippen LogP contribution in [0.4, 0.5) is 5.69 Å². The van der Waals surface area contributed by atoms with Crippen molar-refractivity contribution in [2.45, 2.75) is 52.0 Å². The molecule has 0 aliphatic heterocycles. The molecule has 1 saturated carbocycles. The number of ketones is 1. The van der Waals surface area contributed by atoms with Crippen LogP contribution in [0.2, 0.25) is 0 Å². The maximum atomic E-state index is 11.2. The second-order valence-electron chi connectivity index (χ2n) is 7.55. The van der Waals surface area contributed by atoms with Gasteiger partial charge in [-0.3, -0.25) is 4.79 Å². The van der Waals surface area contributed by atoms with Gasteiger partial charge >= 0.3 is 0 Å². The molecule has 0 amide bonds. The number of hydrogen-bond acceptors (Lipinski definition) is 3. The van der Waals surface area contributed by atoms with Crippen LogP contribution >= 0.6 is 0 Å². The van der Waals surface area contributed by atoms with Gasteiger partial charge in [-0.2, -0.15) is 4.99 Å². The van der Waals surface area contributed by atoms with Gasteiger partial charge in [0.2, 0.25) is 0 Å². The standard InChI is InChI=1S/C24H28N2O/c1-18-16-22(20-8-4-3-5-9-20)14-15-23(18)25-17-26-24-11-7-6-10-21(24)13-12-19(2)27/h6-7,10-16,18,20,23H,3-5,8-9H2,1-2H3/b13-12+. The number of benzene rings is 1. The highest BCUT2D eigenvalue weighted by Crippen LogP contribution is 2.33. The van der Waals surface area contributed by atoms with Crippen molar-refractivity contribution in [1.82, 2.24) is 0 Å². The molecule has 2 aliphatic rings. The van der Waals surface area contributed by atoms with Crippen LogP contribution in [0.25, 0.3) is 6.08 Å². The van der Waals surface area contributed by atoms with Gasteiger partial charge in [0.1, 0.15) is 0 Å². The Hall–Kier alpha value is -2.51. The third kappa shape index (κ3) is 5.48. The Morgan fingerprint density at radius 3 is 2.70 bits per heavy atom. The first-order chi connectivity index (χ1) is 13.1. The molecule has 1 aromatic carbocycles. The highest BCUT2D eigenvalue weighted by molar-refractivity contribution is 5.92. The minimum absolute atomic E-state index is 0.0178. The number of allylic oxidation sites excluding steroid dienone is 3. The summed E-state index contributed by atoms with van der Waals surface area (Å²) in [5, 5.41) is 0. The zero-order valence-electron chi connectivity index (χ0n) is 16.3. The summed E-state index contributed by atoms with van der Waals surface area (Å²) in [6, 6.07) is 10.7. The van der Waals surface area contributed by atoms with Gasteiger partial charge in [-0.1, -0.05) is 62.6 Å². The molecular weight excluding hydrogens is 332 g/mol. The van der Waals surface area contributed by atoms with E-state index in [-0.39, 0.29) is 11.8 Å². The van der Waals surface area contributed by atoms with Crippen LogP contribution in [-0.2, 0) is 4.79 Å². The van der Waals surface area contributed by atoms with Crippen molar-refractivity contribution < 1.29 is 4.79 Å². The van der Waals surface area contributed by atoms with Crippen molar-refractivity contribution in [2.24, 2.45) is 21.8 Å². The monoisotopic (exact) mass is 360 g/mol. The van der Waals surface area contributed by atoms with E-state index in [0.29, 0.717) is 5.92 Å². The number of hydrogen-bond donors (Lipinski definition) is 0. The molecule has 1 aromatic rings. The van der Waals surface area contributed by atoms with E-state index in [1.54, 1.807) is 12.2 Å². The molecule has 0 N–H and O–H groups in total. The fraction of sp³-hybridized carbons (Fsp3) is 0.417. The molecule has 27 heavy (non-hydrogen) atoms. The molecule has 0 saturated heterocycles. The van der Waals surface area contributed by atoms with Crippen molar-refractivity contribution in [2.75, 3.05) is 0 Å². The van der Waals surface area contributed by atoms with Gasteiger partial charge < -0.3 is 0 Å². The van der Waals surface area contributed by atoms with Crippen LogP contribution in [0.1, 0.15) is 51.5 Å². The lowest BCUT2D eigenvalue weighted by atomic mass is 9.79. The molecule has 0 heterocycles. The second kappa shape index (κ2) is 9.43. The lowest BCUT2D eigenvalue weighted by Crippen LogP contribution is -2.18. The molecule has 2 atom stereocenters. The fourth-order valence-corrected chi connectivity index (χ4v) is 3.80. The minimum Gasteiger partial charge on any atom is -0.295 e. The van der Waals surface area contributed by atoms with Crippen LogP contribution in [-0.4, -0.2) is 17.8 Å². The summed E-state index contributed by atoms with van der Waals surface area (Å²) < 4.78 is 0. The average molecular weight is 361 g/mol. The SMILES string of the molecule is CC(=O)/C=C/c1ccccc1N=C=NC1C=CC(C2CCCCC2)=CC1C. The van der Waals surface area contributed by atoms with Crippen LogP contribution < -0.4 is 0 Å². The first-order valence-electron chi connectivity index (χ1n) is 9.96. The van der Waals surface area contributed by atoms with E-state index in [4.69, 9.17) is 0 Å². The Morgan fingerprint density at radius 1 is 1.19 bits per heavy atom. The topological polar surface area (TPSA) is 41.8 Å². The highest BCUT2D eigenvalue weighted by Gasteiger charge is 2.22. The number of aliphatic imine (C=N–C) groups is 2. The van der Waals surface area contributed by atoms with Gasteiger partial charge in [-0.05, 0) is 49.5 Å². The molecule has 3 nitrogen and oxygen atoms in total. The Bertz CT molecular complexity index is 819. The summed E-state index contributed by atoms with van der Waals surface area (Å²) in [6.07, 6.45) is 16.9. The van der Waals surface area contributed by atoms with Gasteiger partial charge in [-0.15, -0.1) is 0 Å². The van der Waals surface area contributed by atoms with Crippen LogP contribution in [0.15, 0.2) is 64.1 Å². The maximum absolute atomic E-state index is 11.2. The highest BCUT2D eigenvalue weighted by atomic mass is 16.1. The lowest BCUT2D eigenvalue weighted by Gasteiger charge is -2.27. The van der Waals surface area contributed by atoms with E-state index in [1.165, 1.54) is 44.6 Å². The third-order valence-corrected chi connectivity index (χ3v) is 5.37. The number of para-hydroxylation sites is 1. The predicted octanol–water partition coefficient (Wildman–Crippen LogP) is 6.18. The average Bonchev–Trinajstić information content (AvgIpc) is 2.69. The van der Waals surface area contributed by atoms with Crippen LogP contribution in [0.3, 0.4) is 0 Å². The van der Waals surface area contributed by atoms with Crippen molar-refractivity contribution >= 4 is 23.6 Å². The first-order valence-corrected chi connectivity index (χ1v) is 9.96. The lowest BCUT2D eigenvalue weighted by molar-refractivity contribution is -0.112. The smallest absolute Gasteiger partial charge is 0.152 e. The summed E-state index contributed by atoms with van der Waals surface area (Å²) in [5.74, 6) is 1.11. The maximum Gasteiger partial charge on any atom is 0.152 e. The van der Waals surface area contributed by atoms with E-state index in [0.717, 1.165) is 17.2 Å². The Morgan fingerprint density at radius 2 is 1.96 bits per heavy atom. The van der Waals surface area contributed by atoms with Gasteiger partial charge in [-0.25, -0.2) is 4.99 Å². The second-order valence-corrected chi connectivity index (χ2v) is 7.55.